The number of hydrogen-bond acceptors (Lipinski definition) is 5. The van der Waals surface area contributed by atoms with Crippen LogP contribution in [0.3, 0.4) is 0 Å². The highest BCUT2D eigenvalue weighted by atomic mass is 35.5. The summed E-state index contributed by atoms with van der Waals surface area (Å²) in [5.41, 5.74) is 3.24. The van der Waals surface area contributed by atoms with Crippen LogP contribution in [0.5, 0.6) is 0 Å². The van der Waals surface area contributed by atoms with Gasteiger partial charge in [0.2, 0.25) is 5.91 Å². The maximum atomic E-state index is 12.8. The number of aromatic nitrogens is 3. The minimum absolute atomic E-state index is 0.0150. The lowest BCUT2D eigenvalue weighted by molar-refractivity contribution is -0.132. The lowest BCUT2D eigenvalue weighted by atomic mass is 9.75. The second-order valence-corrected chi connectivity index (χ2v) is 8.39. The molecule has 1 saturated carbocycles. The van der Waals surface area contributed by atoms with Crippen molar-refractivity contribution in [3.63, 3.8) is 0 Å². The van der Waals surface area contributed by atoms with Crippen LogP contribution in [0.4, 0.5) is 0 Å². The predicted molar refractivity (Wildman–Crippen MR) is 115 cm³/mol. The number of fused-ring (bicyclic) bond motifs is 1. The van der Waals surface area contributed by atoms with E-state index in [0.717, 1.165) is 12.8 Å². The Balaban J connectivity index is 1.31. The van der Waals surface area contributed by atoms with Crippen molar-refractivity contribution in [1.82, 2.24) is 19.5 Å². The van der Waals surface area contributed by atoms with Crippen molar-refractivity contribution in [2.45, 2.75) is 44.7 Å². The van der Waals surface area contributed by atoms with Crippen molar-refractivity contribution in [3.8, 4) is 0 Å². The molecule has 1 aromatic carbocycles. The van der Waals surface area contributed by atoms with Gasteiger partial charge in [0.1, 0.15) is 11.7 Å². The number of halogens is 1. The van der Waals surface area contributed by atoms with E-state index < -0.39 is 0 Å². The topological polar surface area (TPSA) is 80.5 Å². The monoisotopic (exact) mass is 421 g/mol. The Kier molecular flexibility index (Phi) is 4.62. The second kappa shape index (κ2) is 7.32. The minimum atomic E-state index is -0.283. The van der Waals surface area contributed by atoms with Crippen molar-refractivity contribution < 1.29 is 4.79 Å². The maximum Gasteiger partial charge on any atom is 0.264 e. The fraction of sp³-hybridized carbons (Fsp3) is 0.318. The lowest BCUT2D eigenvalue weighted by Gasteiger charge is -2.39. The molecule has 0 N–H and O–H groups in total. The van der Waals surface area contributed by atoms with Crippen LogP contribution in [0.25, 0.3) is 11.0 Å². The zero-order valence-electron chi connectivity index (χ0n) is 16.5. The van der Waals surface area contributed by atoms with E-state index in [1.807, 2.05) is 0 Å². The SMILES string of the molecule is Cc1ccc(C2CC(N3N=C(Cn4cnc5nccc(Cl)c5c4=O)CC3=O)C2)cc1. The average Bonchev–Trinajstić information content (AvgIpc) is 3.04. The summed E-state index contributed by atoms with van der Waals surface area (Å²) in [6.45, 7) is 2.29. The van der Waals surface area contributed by atoms with Gasteiger partial charge in [0, 0.05) is 6.20 Å². The predicted octanol–water partition coefficient (Wildman–Crippen LogP) is 3.29. The molecule has 0 atom stereocenters. The highest BCUT2D eigenvalue weighted by molar-refractivity contribution is 6.35. The molecule has 5 rings (SSSR count). The van der Waals surface area contributed by atoms with Crippen LogP contribution >= 0.6 is 11.6 Å². The molecular formula is C22H20ClN5O2. The first kappa shape index (κ1) is 18.9. The first-order valence-corrected chi connectivity index (χ1v) is 10.3. The van der Waals surface area contributed by atoms with E-state index in [1.54, 1.807) is 11.1 Å². The van der Waals surface area contributed by atoms with E-state index in [9.17, 15) is 9.59 Å². The van der Waals surface area contributed by atoms with E-state index in [4.69, 9.17) is 11.6 Å². The van der Waals surface area contributed by atoms with Crippen LogP contribution in [-0.2, 0) is 11.3 Å². The molecule has 0 saturated heterocycles. The number of hydrazone groups is 1. The number of rotatable bonds is 4. The van der Waals surface area contributed by atoms with E-state index in [2.05, 4.69) is 46.3 Å². The Morgan fingerprint density at radius 1 is 1.10 bits per heavy atom. The Hall–Kier alpha value is -3.06. The molecule has 0 spiro atoms. The molecule has 8 heteroatoms. The van der Waals surface area contributed by atoms with Gasteiger partial charge < -0.3 is 0 Å². The number of nitrogens with zero attached hydrogens (tertiary/aromatic N) is 5. The number of benzene rings is 1. The largest absolute Gasteiger partial charge is 0.293 e. The summed E-state index contributed by atoms with van der Waals surface area (Å²) in [5, 5.41) is 6.74. The Morgan fingerprint density at radius 2 is 1.87 bits per heavy atom. The minimum Gasteiger partial charge on any atom is -0.293 e. The van der Waals surface area contributed by atoms with Gasteiger partial charge in [-0.2, -0.15) is 5.10 Å². The van der Waals surface area contributed by atoms with Crippen molar-refractivity contribution in [2.75, 3.05) is 0 Å². The zero-order chi connectivity index (χ0) is 20.8. The van der Waals surface area contributed by atoms with Crippen LogP contribution in [-0.4, -0.2) is 37.2 Å². The van der Waals surface area contributed by atoms with Gasteiger partial charge in [0.05, 0.1) is 29.7 Å². The molecule has 30 heavy (non-hydrogen) atoms. The quantitative estimate of drug-likeness (QED) is 0.647. The van der Waals surface area contributed by atoms with Crippen LogP contribution in [0.15, 0.2) is 52.8 Å². The van der Waals surface area contributed by atoms with Gasteiger partial charge in [0.25, 0.3) is 5.56 Å². The van der Waals surface area contributed by atoms with Gasteiger partial charge in [-0.1, -0.05) is 41.4 Å². The van der Waals surface area contributed by atoms with Gasteiger partial charge in [-0.3, -0.25) is 14.2 Å². The van der Waals surface area contributed by atoms with Crippen LogP contribution < -0.4 is 5.56 Å². The Bertz CT molecular complexity index is 1230. The number of aryl methyl sites for hydroxylation is 1. The summed E-state index contributed by atoms with van der Waals surface area (Å²) in [5.74, 6) is 0.448. The fourth-order valence-electron chi connectivity index (χ4n) is 4.12. The van der Waals surface area contributed by atoms with Gasteiger partial charge in [-0.25, -0.2) is 15.0 Å². The molecular weight excluding hydrogens is 402 g/mol. The van der Waals surface area contributed by atoms with Crippen molar-refractivity contribution >= 4 is 34.3 Å². The van der Waals surface area contributed by atoms with E-state index >= 15 is 0 Å². The number of amides is 1. The van der Waals surface area contributed by atoms with Crippen LogP contribution in [0, 0.1) is 6.92 Å². The summed E-state index contributed by atoms with van der Waals surface area (Å²) < 4.78 is 1.43. The molecule has 1 aliphatic carbocycles. The highest BCUT2D eigenvalue weighted by Crippen LogP contribution is 2.41. The van der Waals surface area contributed by atoms with E-state index in [-0.39, 0.29) is 35.9 Å². The third-order valence-electron chi connectivity index (χ3n) is 5.89. The third kappa shape index (κ3) is 3.29. The van der Waals surface area contributed by atoms with Crippen molar-refractivity contribution in [1.29, 1.82) is 0 Å². The molecule has 2 aliphatic rings. The van der Waals surface area contributed by atoms with Gasteiger partial charge in [0.15, 0.2) is 5.65 Å². The van der Waals surface area contributed by atoms with Gasteiger partial charge in [-0.15, -0.1) is 0 Å². The first-order valence-electron chi connectivity index (χ1n) is 9.94. The smallest absolute Gasteiger partial charge is 0.264 e. The van der Waals surface area contributed by atoms with Crippen molar-refractivity contribution in [2.24, 2.45) is 5.10 Å². The van der Waals surface area contributed by atoms with E-state index in [0.29, 0.717) is 22.3 Å². The summed E-state index contributed by atoms with van der Waals surface area (Å²) in [6, 6.07) is 10.3. The Labute approximate surface area is 178 Å². The molecule has 2 aromatic heterocycles. The van der Waals surface area contributed by atoms with Crippen LogP contribution in [0.1, 0.15) is 36.3 Å². The summed E-state index contributed by atoms with van der Waals surface area (Å²) in [4.78, 5) is 33.6. The molecule has 152 valence electrons. The highest BCUT2D eigenvalue weighted by Gasteiger charge is 2.39. The lowest BCUT2D eigenvalue weighted by Crippen LogP contribution is -2.42. The zero-order valence-corrected chi connectivity index (χ0v) is 17.2. The summed E-state index contributed by atoms with van der Waals surface area (Å²) >= 11 is 6.15. The molecule has 0 radical (unpaired) electrons. The fourth-order valence-corrected chi connectivity index (χ4v) is 4.35. The standard InChI is InChI=1S/C22H20ClN5O2/c1-13-2-4-14(5-3-13)15-8-17(9-15)28-19(29)10-16(26-28)11-27-12-25-21-20(22(27)30)18(23)6-7-24-21/h2-7,12,15,17H,8-11H2,1H3. The molecule has 0 bridgehead atoms. The average molecular weight is 422 g/mol. The number of carbonyl (C=O) groups is 1. The second-order valence-electron chi connectivity index (χ2n) is 7.98. The molecule has 3 heterocycles. The number of pyridine rings is 1. The molecule has 3 aromatic rings. The molecule has 1 amide bonds. The van der Waals surface area contributed by atoms with Crippen LogP contribution in [0.2, 0.25) is 5.02 Å². The van der Waals surface area contributed by atoms with Gasteiger partial charge >= 0.3 is 0 Å². The maximum absolute atomic E-state index is 12.8. The van der Waals surface area contributed by atoms with Crippen molar-refractivity contribution in [3.05, 3.63) is 69.4 Å². The molecule has 0 unspecified atom stereocenters. The summed E-state index contributed by atoms with van der Waals surface area (Å²) in [6.07, 6.45) is 4.98. The molecule has 7 nitrogen and oxygen atoms in total. The summed E-state index contributed by atoms with van der Waals surface area (Å²) in [7, 11) is 0. The molecule has 1 fully saturated rings. The Morgan fingerprint density at radius 3 is 2.63 bits per heavy atom. The number of carbonyl (C=O) groups excluding carboxylic acids is 1. The number of hydrogen-bond donors (Lipinski definition) is 0. The van der Waals surface area contributed by atoms with E-state index in [1.165, 1.54) is 28.2 Å². The normalized spacial score (nSPS) is 21.1. The first-order chi connectivity index (χ1) is 14.5. The van der Waals surface area contributed by atoms with Gasteiger partial charge in [-0.05, 0) is 37.3 Å². The molecule has 1 aliphatic heterocycles. The third-order valence-corrected chi connectivity index (χ3v) is 6.21.